The second kappa shape index (κ2) is 9.74. The van der Waals surface area contributed by atoms with Crippen LogP contribution in [-0.4, -0.2) is 43.4 Å². The smallest absolute Gasteiger partial charge is 0.252 e. The van der Waals surface area contributed by atoms with E-state index in [4.69, 9.17) is 11.6 Å². The molecule has 0 unspecified atom stereocenters. The van der Waals surface area contributed by atoms with Crippen LogP contribution in [0.3, 0.4) is 0 Å². The second-order valence-electron chi connectivity index (χ2n) is 7.20. The van der Waals surface area contributed by atoms with Gasteiger partial charge in [0, 0.05) is 45.3 Å². The molecule has 1 heterocycles. The zero-order valence-corrected chi connectivity index (χ0v) is 17.2. The Hall–Kier alpha value is -2.60. The number of halogens is 2. The van der Waals surface area contributed by atoms with Crippen molar-refractivity contribution >= 4 is 29.1 Å². The van der Waals surface area contributed by atoms with E-state index < -0.39 is 11.7 Å². The lowest BCUT2D eigenvalue weighted by Crippen LogP contribution is -2.32. The Morgan fingerprint density at radius 2 is 1.90 bits per heavy atom. The van der Waals surface area contributed by atoms with E-state index in [1.54, 1.807) is 11.9 Å². The summed E-state index contributed by atoms with van der Waals surface area (Å²) in [6.45, 7) is 2.80. The van der Waals surface area contributed by atoms with Gasteiger partial charge in [-0.05, 0) is 42.7 Å². The van der Waals surface area contributed by atoms with Gasteiger partial charge in [0.2, 0.25) is 5.91 Å². The van der Waals surface area contributed by atoms with Gasteiger partial charge in [-0.3, -0.25) is 9.59 Å². The van der Waals surface area contributed by atoms with Gasteiger partial charge in [-0.2, -0.15) is 0 Å². The molecule has 0 saturated carbocycles. The number of nitrogens with zero attached hydrogens (tertiary/aromatic N) is 2. The van der Waals surface area contributed by atoms with Crippen LogP contribution in [-0.2, 0) is 11.3 Å². The third kappa shape index (κ3) is 5.48. The summed E-state index contributed by atoms with van der Waals surface area (Å²) in [5.41, 5.74) is 2.49. The molecule has 0 spiro atoms. The van der Waals surface area contributed by atoms with Gasteiger partial charge in [-0.25, -0.2) is 4.39 Å². The standard InChI is InChI=1S/C22H25ClFN3O2/c1-26(15-16-6-2-3-7-20(16)27-12-4-5-13-27)21(28)10-11-25-22(29)18-9-8-17(24)14-19(18)23/h2-3,6-9,14H,4-5,10-13,15H2,1H3,(H,25,29). The van der Waals surface area contributed by atoms with Crippen LogP contribution in [0.25, 0.3) is 0 Å². The summed E-state index contributed by atoms with van der Waals surface area (Å²) >= 11 is 5.90. The predicted octanol–water partition coefficient (Wildman–Crippen LogP) is 3.86. The van der Waals surface area contributed by atoms with Crippen LogP contribution in [0.4, 0.5) is 10.1 Å². The molecule has 2 amide bonds. The highest BCUT2D eigenvalue weighted by molar-refractivity contribution is 6.33. The maximum absolute atomic E-state index is 13.1. The highest BCUT2D eigenvalue weighted by Gasteiger charge is 2.18. The van der Waals surface area contributed by atoms with Crippen molar-refractivity contribution < 1.29 is 14.0 Å². The molecule has 1 fully saturated rings. The normalized spacial score (nSPS) is 13.4. The monoisotopic (exact) mass is 417 g/mol. The summed E-state index contributed by atoms with van der Waals surface area (Å²) in [4.78, 5) is 28.7. The first-order chi connectivity index (χ1) is 14.0. The summed E-state index contributed by atoms with van der Waals surface area (Å²) in [6.07, 6.45) is 2.56. The number of para-hydroxylation sites is 1. The van der Waals surface area contributed by atoms with Crippen molar-refractivity contribution in [2.24, 2.45) is 0 Å². The van der Waals surface area contributed by atoms with Crippen LogP contribution in [0.15, 0.2) is 42.5 Å². The minimum atomic E-state index is -0.502. The summed E-state index contributed by atoms with van der Waals surface area (Å²) < 4.78 is 13.1. The molecule has 1 aliphatic heterocycles. The average molecular weight is 418 g/mol. The Kier molecular flexibility index (Phi) is 7.09. The Bertz CT molecular complexity index is 884. The lowest BCUT2D eigenvalue weighted by molar-refractivity contribution is -0.130. The van der Waals surface area contributed by atoms with E-state index in [0.717, 1.165) is 24.7 Å². The number of hydrogen-bond acceptors (Lipinski definition) is 3. The Balaban J connectivity index is 1.52. The Labute approximate surface area is 175 Å². The number of carbonyl (C=O) groups is 2. The van der Waals surface area contributed by atoms with E-state index in [-0.39, 0.29) is 29.5 Å². The zero-order valence-electron chi connectivity index (χ0n) is 16.5. The first kappa shape index (κ1) is 21.1. The van der Waals surface area contributed by atoms with E-state index in [1.165, 1.54) is 30.7 Å². The van der Waals surface area contributed by atoms with E-state index in [2.05, 4.69) is 22.3 Å². The molecule has 29 heavy (non-hydrogen) atoms. The third-order valence-corrected chi connectivity index (χ3v) is 5.38. The number of rotatable bonds is 7. The van der Waals surface area contributed by atoms with Gasteiger partial charge < -0.3 is 15.1 Å². The molecule has 1 N–H and O–H groups in total. The molecule has 5 nitrogen and oxygen atoms in total. The minimum Gasteiger partial charge on any atom is -0.371 e. The first-order valence-corrected chi connectivity index (χ1v) is 10.1. The topological polar surface area (TPSA) is 52.6 Å². The van der Waals surface area contributed by atoms with Gasteiger partial charge in [-0.15, -0.1) is 0 Å². The number of nitrogens with one attached hydrogen (secondary N) is 1. The van der Waals surface area contributed by atoms with E-state index in [0.29, 0.717) is 6.54 Å². The molecule has 1 saturated heterocycles. The summed E-state index contributed by atoms with van der Waals surface area (Å²) in [5.74, 6) is -0.992. The fourth-order valence-corrected chi connectivity index (χ4v) is 3.75. The van der Waals surface area contributed by atoms with Crippen LogP contribution < -0.4 is 10.2 Å². The molecule has 0 atom stereocenters. The van der Waals surface area contributed by atoms with Crippen LogP contribution in [0.5, 0.6) is 0 Å². The van der Waals surface area contributed by atoms with E-state index in [1.807, 2.05) is 12.1 Å². The SMILES string of the molecule is CN(Cc1ccccc1N1CCCC1)C(=O)CCNC(=O)c1ccc(F)cc1Cl. The zero-order chi connectivity index (χ0) is 20.8. The van der Waals surface area contributed by atoms with Gasteiger partial charge in [-0.1, -0.05) is 29.8 Å². The molecule has 0 radical (unpaired) electrons. The highest BCUT2D eigenvalue weighted by atomic mass is 35.5. The van der Waals surface area contributed by atoms with Crippen LogP contribution in [0.2, 0.25) is 5.02 Å². The molecular weight excluding hydrogens is 393 g/mol. The van der Waals surface area contributed by atoms with Crippen molar-refractivity contribution in [2.75, 3.05) is 31.6 Å². The quantitative estimate of drug-likeness (QED) is 0.744. The molecular formula is C22H25ClFN3O2. The van der Waals surface area contributed by atoms with Crippen molar-refractivity contribution in [2.45, 2.75) is 25.8 Å². The molecule has 7 heteroatoms. The van der Waals surface area contributed by atoms with Crippen LogP contribution >= 0.6 is 11.6 Å². The lowest BCUT2D eigenvalue weighted by atomic mass is 10.1. The molecule has 154 valence electrons. The minimum absolute atomic E-state index is 0.0458. The van der Waals surface area contributed by atoms with E-state index >= 15 is 0 Å². The fourth-order valence-electron chi connectivity index (χ4n) is 3.50. The average Bonchev–Trinajstić information content (AvgIpc) is 3.22. The van der Waals surface area contributed by atoms with Crippen LogP contribution in [0, 0.1) is 5.82 Å². The van der Waals surface area contributed by atoms with Crippen molar-refractivity contribution in [1.82, 2.24) is 10.2 Å². The lowest BCUT2D eigenvalue weighted by Gasteiger charge is -2.24. The molecule has 2 aromatic carbocycles. The first-order valence-electron chi connectivity index (χ1n) is 9.76. The number of carbonyl (C=O) groups excluding carboxylic acids is 2. The number of anilines is 1. The van der Waals surface area contributed by atoms with Crippen molar-refractivity contribution in [3.05, 3.63) is 64.4 Å². The highest BCUT2D eigenvalue weighted by Crippen LogP contribution is 2.25. The second-order valence-corrected chi connectivity index (χ2v) is 7.61. The summed E-state index contributed by atoms with van der Waals surface area (Å²) in [5, 5.41) is 2.71. The summed E-state index contributed by atoms with van der Waals surface area (Å²) in [6, 6.07) is 11.8. The maximum Gasteiger partial charge on any atom is 0.252 e. The predicted molar refractivity (Wildman–Crippen MR) is 113 cm³/mol. The number of hydrogen-bond donors (Lipinski definition) is 1. The van der Waals surface area contributed by atoms with E-state index in [9.17, 15) is 14.0 Å². The van der Waals surface area contributed by atoms with Gasteiger partial charge >= 0.3 is 0 Å². The largest absolute Gasteiger partial charge is 0.371 e. The van der Waals surface area contributed by atoms with Crippen molar-refractivity contribution in [3.8, 4) is 0 Å². The van der Waals surface area contributed by atoms with Crippen molar-refractivity contribution in [1.29, 1.82) is 0 Å². The van der Waals surface area contributed by atoms with Crippen molar-refractivity contribution in [3.63, 3.8) is 0 Å². The number of benzene rings is 2. The molecule has 1 aliphatic rings. The maximum atomic E-state index is 13.1. The molecule has 0 aromatic heterocycles. The van der Waals surface area contributed by atoms with Gasteiger partial charge in [0.25, 0.3) is 5.91 Å². The Morgan fingerprint density at radius 1 is 1.17 bits per heavy atom. The number of amides is 2. The Morgan fingerprint density at radius 3 is 2.62 bits per heavy atom. The van der Waals surface area contributed by atoms with Gasteiger partial charge in [0.1, 0.15) is 5.82 Å². The summed E-state index contributed by atoms with van der Waals surface area (Å²) in [7, 11) is 1.77. The molecule has 2 aromatic rings. The third-order valence-electron chi connectivity index (χ3n) is 5.07. The molecule has 0 aliphatic carbocycles. The van der Waals surface area contributed by atoms with Gasteiger partial charge in [0.15, 0.2) is 0 Å². The fraction of sp³-hybridized carbons (Fsp3) is 0.364. The van der Waals surface area contributed by atoms with Crippen LogP contribution in [0.1, 0.15) is 35.2 Å². The van der Waals surface area contributed by atoms with Gasteiger partial charge in [0.05, 0.1) is 10.6 Å². The molecule has 3 rings (SSSR count). The molecule has 0 bridgehead atoms.